The number of nitrogens with zero attached hydrogens (tertiary/aromatic N) is 2. The average Bonchev–Trinajstić information content (AvgIpc) is 3.37. The summed E-state index contributed by atoms with van der Waals surface area (Å²) in [5.41, 5.74) is 4.09. The molecule has 0 saturated heterocycles. The van der Waals surface area contributed by atoms with Gasteiger partial charge in [-0.25, -0.2) is 5.43 Å². The van der Waals surface area contributed by atoms with Crippen molar-refractivity contribution >= 4 is 29.6 Å². The number of carbonyl (C=O) groups is 2. The highest BCUT2D eigenvalue weighted by atomic mass is 35.5. The summed E-state index contributed by atoms with van der Waals surface area (Å²) in [6.07, 6.45) is 3.73. The van der Waals surface area contributed by atoms with E-state index in [1.807, 2.05) is 56.3 Å². The fourth-order valence-electron chi connectivity index (χ4n) is 3.96. The minimum atomic E-state index is -0.308. The zero-order valence-electron chi connectivity index (χ0n) is 20.7. The number of halogens is 1. The molecule has 0 aliphatic heterocycles. The lowest BCUT2D eigenvalue weighted by atomic mass is 10.1. The second-order valence-electron chi connectivity index (χ2n) is 8.27. The molecule has 0 aliphatic carbocycles. The molecule has 0 spiro atoms. The lowest BCUT2D eigenvalue weighted by molar-refractivity contribution is -0.126. The van der Waals surface area contributed by atoms with Crippen molar-refractivity contribution in [3.8, 4) is 11.3 Å². The van der Waals surface area contributed by atoms with Gasteiger partial charge in [0.05, 0.1) is 17.3 Å². The van der Waals surface area contributed by atoms with Crippen molar-refractivity contribution in [2.24, 2.45) is 5.10 Å². The monoisotopic (exact) mass is 508 g/mol. The number of hydrogen-bond donors (Lipinski definition) is 2. The van der Waals surface area contributed by atoms with E-state index in [0.29, 0.717) is 35.1 Å². The molecule has 0 bridgehead atoms. The van der Waals surface area contributed by atoms with E-state index in [0.717, 1.165) is 31.5 Å². The van der Waals surface area contributed by atoms with Gasteiger partial charge in [-0.15, -0.1) is 0 Å². The van der Waals surface area contributed by atoms with Crippen molar-refractivity contribution in [1.82, 2.24) is 15.6 Å². The van der Waals surface area contributed by atoms with Gasteiger partial charge in [0, 0.05) is 17.7 Å². The van der Waals surface area contributed by atoms with Gasteiger partial charge in [-0.1, -0.05) is 55.8 Å². The van der Waals surface area contributed by atoms with Gasteiger partial charge in [-0.05, 0) is 68.8 Å². The van der Waals surface area contributed by atoms with Crippen molar-refractivity contribution in [2.45, 2.75) is 39.2 Å². The third kappa shape index (κ3) is 7.80. The van der Waals surface area contributed by atoms with Gasteiger partial charge in [-0.2, -0.15) is 5.10 Å². The van der Waals surface area contributed by atoms with Gasteiger partial charge in [0.25, 0.3) is 11.8 Å². The predicted molar refractivity (Wildman–Crippen MR) is 144 cm³/mol. The van der Waals surface area contributed by atoms with Crippen LogP contribution in [0.3, 0.4) is 0 Å². The Morgan fingerprint density at radius 2 is 1.72 bits per heavy atom. The first-order chi connectivity index (χ1) is 17.5. The fourth-order valence-corrected chi connectivity index (χ4v) is 4.19. The zero-order chi connectivity index (χ0) is 25.8. The number of amides is 2. The maximum absolute atomic E-state index is 12.9. The Labute approximate surface area is 217 Å². The Kier molecular flexibility index (Phi) is 10.7. The quantitative estimate of drug-likeness (QED) is 0.185. The van der Waals surface area contributed by atoms with E-state index in [-0.39, 0.29) is 17.9 Å². The largest absolute Gasteiger partial charge is 0.455 e. The fraction of sp³-hybridized carbons (Fsp3) is 0.321. The van der Waals surface area contributed by atoms with Crippen LogP contribution < -0.4 is 10.7 Å². The third-order valence-corrected chi connectivity index (χ3v) is 6.24. The number of likely N-dealkylation sites (N-methyl/N-ethyl adjacent to an activating group) is 1. The van der Waals surface area contributed by atoms with Crippen LogP contribution in [-0.4, -0.2) is 48.6 Å². The zero-order valence-corrected chi connectivity index (χ0v) is 21.5. The maximum atomic E-state index is 12.9. The number of hydrazone groups is 1. The first-order valence-electron chi connectivity index (χ1n) is 12.3. The number of benzene rings is 2. The van der Waals surface area contributed by atoms with Gasteiger partial charge >= 0.3 is 0 Å². The number of nitrogens with one attached hydrogen (secondary N) is 2. The molecule has 2 amide bonds. The molecule has 0 saturated carbocycles. The van der Waals surface area contributed by atoms with Crippen LogP contribution in [0.15, 0.2) is 76.2 Å². The second-order valence-corrected chi connectivity index (χ2v) is 8.68. The molecule has 2 N–H and O–H groups in total. The van der Waals surface area contributed by atoms with E-state index in [4.69, 9.17) is 16.0 Å². The topological polar surface area (TPSA) is 86.9 Å². The molecule has 8 heteroatoms. The first kappa shape index (κ1) is 27.2. The molecule has 0 radical (unpaired) electrons. The standard InChI is InChI=1S/C28H33ClN4O3/c1-3-33(4-2)25(16-10-11-19-30-27(34)21-12-6-5-7-13-21)28(35)32-31-20-22-17-18-26(36-22)23-14-8-9-15-24(23)29/h5-9,12-15,17-18,20,25H,3-4,10-11,16,19H2,1-2H3,(H,30,34)(H,32,35)/b31-20+/t25-/m1/s1. The summed E-state index contributed by atoms with van der Waals surface area (Å²) in [4.78, 5) is 27.2. The van der Waals surface area contributed by atoms with E-state index in [2.05, 4.69) is 20.7 Å². The normalized spacial score (nSPS) is 12.1. The van der Waals surface area contributed by atoms with Crippen LogP contribution in [0.25, 0.3) is 11.3 Å². The van der Waals surface area contributed by atoms with E-state index in [1.165, 1.54) is 6.21 Å². The van der Waals surface area contributed by atoms with Crippen molar-refractivity contribution in [3.63, 3.8) is 0 Å². The maximum Gasteiger partial charge on any atom is 0.257 e. The lowest BCUT2D eigenvalue weighted by Crippen LogP contribution is -2.45. The Morgan fingerprint density at radius 1 is 1.00 bits per heavy atom. The summed E-state index contributed by atoms with van der Waals surface area (Å²) in [6.45, 7) is 6.13. The smallest absolute Gasteiger partial charge is 0.257 e. The summed E-state index contributed by atoms with van der Waals surface area (Å²) in [5.74, 6) is 0.896. The molecule has 36 heavy (non-hydrogen) atoms. The summed E-state index contributed by atoms with van der Waals surface area (Å²) in [7, 11) is 0. The van der Waals surface area contributed by atoms with E-state index in [1.54, 1.807) is 24.3 Å². The number of rotatable bonds is 13. The van der Waals surface area contributed by atoms with E-state index >= 15 is 0 Å². The van der Waals surface area contributed by atoms with Gasteiger partial charge in [0.2, 0.25) is 0 Å². The molecule has 0 fully saturated rings. The molecular formula is C28H33ClN4O3. The molecule has 3 rings (SSSR count). The van der Waals surface area contributed by atoms with Crippen LogP contribution in [0.4, 0.5) is 0 Å². The van der Waals surface area contributed by atoms with Gasteiger partial charge in [-0.3, -0.25) is 14.5 Å². The molecule has 7 nitrogen and oxygen atoms in total. The van der Waals surface area contributed by atoms with E-state index in [9.17, 15) is 9.59 Å². The second kappa shape index (κ2) is 14.2. The number of hydrogen-bond acceptors (Lipinski definition) is 5. The highest BCUT2D eigenvalue weighted by molar-refractivity contribution is 6.33. The molecule has 3 aromatic rings. The Hall–Kier alpha value is -3.42. The van der Waals surface area contributed by atoms with Crippen molar-refractivity contribution in [3.05, 3.63) is 83.1 Å². The Bertz CT molecular complexity index is 1140. The molecule has 1 heterocycles. The van der Waals surface area contributed by atoms with Gasteiger partial charge < -0.3 is 9.73 Å². The summed E-state index contributed by atoms with van der Waals surface area (Å²) < 4.78 is 5.80. The predicted octanol–water partition coefficient (Wildman–Crippen LogP) is 5.36. The van der Waals surface area contributed by atoms with Crippen LogP contribution in [0.2, 0.25) is 5.02 Å². The number of furan rings is 1. The van der Waals surface area contributed by atoms with Crippen molar-refractivity contribution < 1.29 is 14.0 Å². The number of carbonyl (C=O) groups excluding carboxylic acids is 2. The van der Waals surface area contributed by atoms with Crippen LogP contribution in [-0.2, 0) is 4.79 Å². The van der Waals surface area contributed by atoms with Crippen LogP contribution >= 0.6 is 11.6 Å². The number of unbranched alkanes of at least 4 members (excludes halogenated alkanes) is 1. The van der Waals surface area contributed by atoms with Gasteiger partial charge in [0.1, 0.15) is 11.5 Å². The highest BCUT2D eigenvalue weighted by Crippen LogP contribution is 2.28. The summed E-state index contributed by atoms with van der Waals surface area (Å²) >= 11 is 6.23. The molecule has 2 aromatic carbocycles. The van der Waals surface area contributed by atoms with Crippen LogP contribution in [0.5, 0.6) is 0 Å². The molecule has 0 aliphatic rings. The van der Waals surface area contributed by atoms with Crippen molar-refractivity contribution in [1.29, 1.82) is 0 Å². The minimum Gasteiger partial charge on any atom is -0.455 e. The Morgan fingerprint density at radius 3 is 2.44 bits per heavy atom. The first-order valence-corrected chi connectivity index (χ1v) is 12.7. The minimum absolute atomic E-state index is 0.0846. The summed E-state index contributed by atoms with van der Waals surface area (Å²) in [5, 5.41) is 7.64. The van der Waals surface area contributed by atoms with Crippen LogP contribution in [0.1, 0.15) is 49.2 Å². The molecule has 190 valence electrons. The molecule has 0 unspecified atom stereocenters. The summed E-state index contributed by atoms with van der Waals surface area (Å²) in [6, 6.07) is 19.9. The average molecular weight is 509 g/mol. The van der Waals surface area contributed by atoms with Crippen molar-refractivity contribution in [2.75, 3.05) is 19.6 Å². The SMILES string of the molecule is CCN(CC)[C@H](CCCCNC(=O)c1ccccc1)C(=O)N/N=C/c1ccc(-c2ccccc2Cl)o1. The lowest BCUT2D eigenvalue weighted by Gasteiger charge is -2.27. The molecule has 1 aromatic heterocycles. The van der Waals surface area contributed by atoms with E-state index < -0.39 is 0 Å². The highest BCUT2D eigenvalue weighted by Gasteiger charge is 2.23. The Balaban J connectivity index is 1.50. The third-order valence-electron chi connectivity index (χ3n) is 5.91. The molecular weight excluding hydrogens is 476 g/mol. The van der Waals surface area contributed by atoms with Gasteiger partial charge in [0.15, 0.2) is 0 Å². The van der Waals surface area contributed by atoms with Crippen LogP contribution in [0, 0.1) is 0 Å². The molecule has 1 atom stereocenters.